The number of likely N-dealkylation sites (N-methyl/N-ethyl adjacent to an activating group) is 1. The molecule has 0 saturated heterocycles. The molecule has 0 bridgehead atoms. The van der Waals surface area contributed by atoms with E-state index in [-0.39, 0.29) is 22.3 Å². The van der Waals surface area contributed by atoms with Crippen molar-refractivity contribution in [3.63, 3.8) is 0 Å². The molecule has 2 aromatic rings. The average molecular weight is 319 g/mol. The summed E-state index contributed by atoms with van der Waals surface area (Å²) in [6.45, 7) is 3.96. The van der Waals surface area contributed by atoms with Gasteiger partial charge < -0.3 is 4.90 Å². The van der Waals surface area contributed by atoms with Crippen molar-refractivity contribution < 1.29 is 14.0 Å². The van der Waals surface area contributed by atoms with E-state index in [0.717, 1.165) is 11.3 Å². The average Bonchev–Trinajstić information content (AvgIpc) is 2.95. The number of carbonyl (C=O) groups is 2. The molecule has 1 aromatic carbocycles. The maximum absolute atomic E-state index is 13.5. The van der Waals surface area contributed by atoms with Crippen molar-refractivity contribution in [3.8, 4) is 0 Å². The highest BCUT2D eigenvalue weighted by atomic mass is 32.1. The molecule has 0 aliphatic heterocycles. The highest BCUT2D eigenvalue weighted by Crippen LogP contribution is 2.18. The molecule has 1 heterocycles. The fourth-order valence-corrected chi connectivity index (χ4v) is 2.39. The second-order valence-electron chi connectivity index (χ2n) is 4.45. The maximum atomic E-state index is 13.5. The molecule has 0 unspecified atom stereocenters. The van der Waals surface area contributed by atoms with Crippen molar-refractivity contribution >= 4 is 28.3 Å². The van der Waals surface area contributed by atoms with Crippen LogP contribution < -0.4 is 5.32 Å². The van der Waals surface area contributed by atoms with Crippen LogP contribution in [0.4, 0.5) is 9.52 Å². The molecule has 2 rings (SSSR count). The van der Waals surface area contributed by atoms with Crippen LogP contribution in [0.3, 0.4) is 0 Å². The van der Waals surface area contributed by atoms with Crippen LogP contribution in [0.25, 0.3) is 0 Å². The second kappa shape index (κ2) is 6.95. The molecule has 0 saturated carbocycles. The van der Waals surface area contributed by atoms with Crippen LogP contribution in [0.15, 0.2) is 42.3 Å². The van der Waals surface area contributed by atoms with Gasteiger partial charge in [-0.2, -0.15) is 0 Å². The molecule has 0 spiro atoms. The van der Waals surface area contributed by atoms with Gasteiger partial charge in [-0.25, -0.2) is 9.37 Å². The summed E-state index contributed by atoms with van der Waals surface area (Å²) >= 11 is 1.10. The Morgan fingerprint density at radius 2 is 2.18 bits per heavy atom. The van der Waals surface area contributed by atoms with Crippen molar-refractivity contribution in [1.29, 1.82) is 0 Å². The van der Waals surface area contributed by atoms with Crippen LogP contribution in [0.2, 0.25) is 0 Å². The third-order valence-corrected chi connectivity index (χ3v) is 3.57. The Bertz CT molecular complexity index is 714. The van der Waals surface area contributed by atoms with Crippen molar-refractivity contribution in [2.75, 3.05) is 18.9 Å². The molecular formula is C15H14FN3O2S. The van der Waals surface area contributed by atoms with Crippen LogP contribution in [0.5, 0.6) is 0 Å². The molecule has 22 heavy (non-hydrogen) atoms. The first kappa shape index (κ1) is 15.8. The van der Waals surface area contributed by atoms with Crippen molar-refractivity contribution in [1.82, 2.24) is 9.88 Å². The predicted octanol–water partition coefficient (Wildman–Crippen LogP) is 2.79. The molecule has 0 aliphatic carbocycles. The topological polar surface area (TPSA) is 62.3 Å². The van der Waals surface area contributed by atoms with Gasteiger partial charge in [0.25, 0.3) is 11.8 Å². The normalized spacial score (nSPS) is 10.1. The first-order chi connectivity index (χ1) is 10.5. The molecule has 0 atom stereocenters. The molecule has 0 fully saturated rings. The van der Waals surface area contributed by atoms with Crippen LogP contribution in [-0.4, -0.2) is 35.3 Å². The number of carbonyl (C=O) groups excluding carboxylic acids is 2. The van der Waals surface area contributed by atoms with Gasteiger partial charge in [0.05, 0.1) is 5.56 Å². The Balaban J connectivity index is 2.09. The van der Waals surface area contributed by atoms with Gasteiger partial charge in [0, 0.05) is 19.0 Å². The van der Waals surface area contributed by atoms with E-state index in [4.69, 9.17) is 0 Å². The van der Waals surface area contributed by atoms with Crippen molar-refractivity contribution in [3.05, 3.63) is 59.4 Å². The Labute approximate surface area is 131 Å². The lowest BCUT2D eigenvalue weighted by atomic mass is 10.2. The quantitative estimate of drug-likeness (QED) is 0.862. The fraction of sp³-hybridized carbons (Fsp3) is 0.133. The first-order valence-electron chi connectivity index (χ1n) is 6.40. The van der Waals surface area contributed by atoms with Crippen LogP contribution in [0, 0.1) is 5.82 Å². The molecule has 114 valence electrons. The molecule has 2 amide bonds. The van der Waals surface area contributed by atoms with E-state index in [0.29, 0.717) is 6.54 Å². The van der Waals surface area contributed by atoms with Crippen LogP contribution >= 0.6 is 11.3 Å². The number of benzene rings is 1. The third-order valence-electron chi connectivity index (χ3n) is 2.81. The summed E-state index contributed by atoms with van der Waals surface area (Å²) in [5.41, 5.74) is 0.146. The summed E-state index contributed by atoms with van der Waals surface area (Å²) in [4.78, 5) is 29.5. The van der Waals surface area contributed by atoms with Gasteiger partial charge >= 0.3 is 0 Å². The van der Waals surface area contributed by atoms with Gasteiger partial charge in [-0.05, 0) is 12.1 Å². The van der Waals surface area contributed by atoms with Gasteiger partial charge in [0.15, 0.2) is 5.13 Å². The summed E-state index contributed by atoms with van der Waals surface area (Å²) in [6, 6.07) is 5.65. The standard InChI is InChI=1S/C15H14FN3O2S/c1-3-8-19(2)14(21)12-9-22-15(17-12)18-13(20)10-6-4-5-7-11(10)16/h3-7,9H,1,8H2,2H3,(H,17,18,20). The molecule has 1 N–H and O–H groups in total. The van der Waals surface area contributed by atoms with E-state index in [1.807, 2.05) is 0 Å². The van der Waals surface area contributed by atoms with E-state index >= 15 is 0 Å². The summed E-state index contributed by atoms with van der Waals surface area (Å²) in [6.07, 6.45) is 1.60. The minimum Gasteiger partial charge on any atom is -0.337 e. The van der Waals surface area contributed by atoms with Crippen LogP contribution in [-0.2, 0) is 0 Å². The van der Waals surface area contributed by atoms with Crippen LogP contribution in [0.1, 0.15) is 20.8 Å². The largest absolute Gasteiger partial charge is 0.337 e. The number of anilines is 1. The summed E-state index contributed by atoms with van der Waals surface area (Å²) in [5, 5.41) is 4.26. The number of halogens is 1. The van der Waals surface area contributed by atoms with E-state index < -0.39 is 11.7 Å². The smallest absolute Gasteiger partial charge is 0.273 e. The lowest BCUT2D eigenvalue weighted by Crippen LogP contribution is -2.27. The van der Waals surface area contributed by atoms with E-state index in [9.17, 15) is 14.0 Å². The Kier molecular flexibility index (Phi) is 5.00. The first-order valence-corrected chi connectivity index (χ1v) is 7.28. The number of nitrogens with one attached hydrogen (secondary N) is 1. The number of amides is 2. The van der Waals surface area contributed by atoms with Crippen molar-refractivity contribution in [2.24, 2.45) is 0 Å². The lowest BCUT2D eigenvalue weighted by molar-refractivity contribution is 0.0805. The Hall–Kier alpha value is -2.54. The zero-order chi connectivity index (χ0) is 16.1. The van der Waals surface area contributed by atoms with Gasteiger partial charge in [-0.1, -0.05) is 18.2 Å². The number of hydrogen-bond donors (Lipinski definition) is 1. The summed E-state index contributed by atoms with van der Waals surface area (Å²) in [5.74, 6) is -1.49. The van der Waals surface area contributed by atoms with Gasteiger partial charge in [-0.15, -0.1) is 17.9 Å². The lowest BCUT2D eigenvalue weighted by Gasteiger charge is -2.12. The SMILES string of the molecule is C=CCN(C)C(=O)c1csc(NC(=O)c2ccccc2F)n1. The molecule has 0 radical (unpaired) electrons. The molecule has 5 nitrogen and oxygen atoms in total. The number of hydrogen-bond acceptors (Lipinski definition) is 4. The van der Waals surface area contributed by atoms with Crippen molar-refractivity contribution in [2.45, 2.75) is 0 Å². The Morgan fingerprint density at radius 3 is 2.86 bits per heavy atom. The predicted molar refractivity (Wildman–Crippen MR) is 83.6 cm³/mol. The third kappa shape index (κ3) is 3.56. The number of nitrogens with zero attached hydrogens (tertiary/aromatic N) is 2. The number of thiazole rings is 1. The zero-order valence-electron chi connectivity index (χ0n) is 11.9. The highest BCUT2D eigenvalue weighted by molar-refractivity contribution is 7.14. The summed E-state index contributed by atoms with van der Waals surface area (Å²) in [7, 11) is 1.63. The Morgan fingerprint density at radius 1 is 1.45 bits per heavy atom. The van der Waals surface area contributed by atoms with Gasteiger partial charge in [-0.3, -0.25) is 14.9 Å². The minimum atomic E-state index is -0.612. The highest BCUT2D eigenvalue weighted by Gasteiger charge is 2.17. The number of rotatable bonds is 5. The van der Waals surface area contributed by atoms with Gasteiger partial charge in [0.2, 0.25) is 0 Å². The monoisotopic (exact) mass is 319 g/mol. The molecular weight excluding hydrogens is 305 g/mol. The second-order valence-corrected chi connectivity index (χ2v) is 5.30. The molecule has 7 heteroatoms. The van der Waals surface area contributed by atoms with Gasteiger partial charge in [0.1, 0.15) is 11.5 Å². The molecule has 1 aromatic heterocycles. The maximum Gasteiger partial charge on any atom is 0.273 e. The summed E-state index contributed by atoms with van der Waals surface area (Å²) < 4.78 is 13.5. The van der Waals surface area contributed by atoms with E-state index in [1.165, 1.54) is 23.1 Å². The zero-order valence-corrected chi connectivity index (χ0v) is 12.7. The fourth-order valence-electron chi connectivity index (χ4n) is 1.71. The van der Waals surface area contributed by atoms with E-state index in [2.05, 4.69) is 16.9 Å². The van der Waals surface area contributed by atoms with E-state index in [1.54, 1.807) is 24.6 Å². The number of aromatic nitrogens is 1. The minimum absolute atomic E-state index is 0.0747. The molecule has 0 aliphatic rings.